The Hall–Kier alpha value is -1.27. The van der Waals surface area contributed by atoms with Gasteiger partial charge in [0.15, 0.2) is 0 Å². The van der Waals surface area contributed by atoms with E-state index in [4.69, 9.17) is 5.84 Å². The number of carboxylic acids is 1. The number of rotatable bonds is 9. The minimum Gasteiger partial charge on any atom is -0.477 e. The van der Waals surface area contributed by atoms with Crippen LogP contribution in [0.5, 0.6) is 0 Å². The van der Waals surface area contributed by atoms with Crippen LogP contribution in [0.4, 0.5) is 0 Å². The Bertz CT molecular complexity index is 777. The first-order valence-corrected chi connectivity index (χ1v) is 12.6. The summed E-state index contributed by atoms with van der Waals surface area (Å²) in [4.78, 5) is 39.2. The van der Waals surface area contributed by atoms with Gasteiger partial charge in [0.2, 0.25) is 5.91 Å². The number of nitrogens with zero attached hydrogens (tertiary/aromatic N) is 2. The second kappa shape index (κ2) is 9.70. The number of nitrogens with two attached hydrogens (primary N) is 1. The molecule has 9 nitrogen and oxygen atoms in total. The topological polar surface area (TPSA) is 136 Å². The summed E-state index contributed by atoms with van der Waals surface area (Å²) in [6, 6.07) is -0.367. The fourth-order valence-corrected chi connectivity index (χ4v) is 7.34. The van der Waals surface area contributed by atoms with Gasteiger partial charge in [-0.2, -0.15) is 0 Å². The number of carbonyl (C=O) groups is 3. The van der Waals surface area contributed by atoms with Gasteiger partial charge in [-0.05, 0) is 26.0 Å². The highest BCUT2D eigenvalue weighted by molar-refractivity contribution is 8.03. The van der Waals surface area contributed by atoms with Crippen LogP contribution in [0.2, 0.25) is 0 Å². The summed E-state index contributed by atoms with van der Waals surface area (Å²) in [6.07, 6.45) is -0.114. The predicted molar refractivity (Wildman–Crippen MR) is 121 cm³/mol. The third kappa shape index (κ3) is 4.35. The molecule has 0 spiro atoms. The molecular formula is C20H32N4O5S2. The second-order valence-corrected chi connectivity index (χ2v) is 11.0. The molecule has 7 atom stereocenters. The van der Waals surface area contributed by atoms with Crippen LogP contribution in [0.25, 0.3) is 0 Å². The number of carboxylic acid groups (broad SMARTS) is 1. The molecule has 174 valence electrons. The van der Waals surface area contributed by atoms with Crippen molar-refractivity contribution in [3.63, 3.8) is 0 Å². The van der Waals surface area contributed by atoms with Crippen LogP contribution in [0.15, 0.2) is 10.6 Å². The number of aliphatic hydroxyl groups is 1. The van der Waals surface area contributed by atoms with Crippen molar-refractivity contribution in [1.29, 1.82) is 0 Å². The molecule has 2 amide bonds. The minimum atomic E-state index is -1.12. The van der Waals surface area contributed by atoms with E-state index in [1.165, 1.54) is 21.7 Å². The first-order valence-electron chi connectivity index (χ1n) is 10.7. The van der Waals surface area contributed by atoms with E-state index in [0.717, 1.165) is 5.75 Å². The van der Waals surface area contributed by atoms with Crippen LogP contribution in [-0.2, 0) is 14.4 Å². The highest BCUT2D eigenvalue weighted by atomic mass is 32.2. The molecule has 0 radical (unpaired) electrons. The van der Waals surface area contributed by atoms with Crippen LogP contribution in [0, 0.1) is 11.8 Å². The maximum atomic E-state index is 12.7. The van der Waals surface area contributed by atoms with E-state index >= 15 is 0 Å². The molecule has 0 aromatic rings. The van der Waals surface area contributed by atoms with Gasteiger partial charge in [0, 0.05) is 35.2 Å². The molecule has 31 heavy (non-hydrogen) atoms. The molecule has 5 N–H and O–H groups in total. The predicted octanol–water partition coefficient (Wildman–Crippen LogP) is 0.448. The minimum absolute atomic E-state index is 0.0440. The van der Waals surface area contributed by atoms with Crippen molar-refractivity contribution in [2.75, 3.05) is 18.8 Å². The highest BCUT2D eigenvalue weighted by Gasteiger charge is 2.60. The lowest BCUT2D eigenvalue weighted by atomic mass is 9.79. The van der Waals surface area contributed by atoms with Gasteiger partial charge in [0.05, 0.1) is 18.1 Å². The molecule has 11 heteroatoms. The number of thioether (sulfide) groups is 2. The van der Waals surface area contributed by atoms with Gasteiger partial charge < -0.3 is 20.4 Å². The van der Waals surface area contributed by atoms with Crippen LogP contribution >= 0.6 is 23.5 Å². The smallest absolute Gasteiger partial charge is 0.353 e. The zero-order valence-corrected chi connectivity index (χ0v) is 19.9. The van der Waals surface area contributed by atoms with Gasteiger partial charge in [-0.3, -0.25) is 14.6 Å². The Balaban J connectivity index is 1.75. The Morgan fingerprint density at radius 1 is 1.39 bits per heavy atom. The Labute approximate surface area is 191 Å². The maximum Gasteiger partial charge on any atom is 0.353 e. The Kier molecular flexibility index (Phi) is 7.62. The van der Waals surface area contributed by atoms with E-state index in [0.29, 0.717) is 24.4 Å². The zero-order valence-electron chi connectivity index (χ0n) is 18.3. The van der Waals surface area contributed by atoms with Crippen molar-refractivity contribution in [3.05, 3.63) is 10.6 Å². The van der Waals surface area contributed by atoms with E-state index in [1.54, 1.807) is 18.7 Å². The number of fused-ring (bicyclic) bond motifs is 1. The summed E-state index contributed by atoms with van der Waals surface area (Å²) < 4.78 is 0. The number of carbonyl (C=O) groups excluding carboxylic acids is 2. The van der Waals surface area contributed by atoms with E-state index in [2.05, 4.69) is 5.32 Å². The lowest BCUT2D eigenvalue weighted by Gasteiger charge is -2.46. The molecule has 3 aliphatic heterocycles. The third-order valence-electron chi connectivity index (χ3n) is 6.31. The fourth-order valence-electron chi connectivity index (χ4n) is 4.77. The number of amides is 2. The number of aliphatic carboxylic acids is 1. The molecule has 3 aliphatic rings. The van der Waals surface area contributed by atoms with Crippen molar-refractivity contribution in [3.8, 4) is 0 Å². The SMILES string of the molecule is CCSC(C(=O)N(N)CC)[C@@H]1C[C@H](SC2=C(C(=O)O)N3C(=O)[C@H]([C@@H](C)O)[C@H]3[C@H]2C)CN1. The molecule has 0 aromatic heterocycles. The lowest BCUT2D eigenvalue weighted by Crippen LogP contribution is -2.63. The normalized spacial score (nSPS) is 32.0. The molecule has 2 fully saturated rings. The molecule has 3 rings (SSSR count). The third-order valence-corrected chi connectivity index (χ3v) is 9.04. The van der Waals surface area contributed by atoms with Crippen LogP contribution in [-0.4, -0.2) is 85.4 Å². The van der Waals surface area contributed by atoms with Gasteiger partial charge in [-0.25, -0.2) is 10.6 Å². The molecular weight excluding hydrogens is 440 g/mol. The summed E-state index contributed by atoms with van der Waals surface area (Å²) in [6.45, 7) is 8.41. The largest absolute Gasteiger partial charge is 0.477 e. The van der Waals surface area contributed by atoms with Crippen LogP contribution in [0.3, 0.4) is 0 Å². The summed E-state index contributed by atoms with van der Waals surface area (Å²) in [7, 11) is 0. The van der Waals surface area contributed by atoms with Crippen molar-refractivity contribution in [1.82, 2.24) is 15.2 Å². The second-order valence-electron chi connectivity index (χ2n) is 8.26. The van der Waals surface area contributed by atoms with Crippen molar-refractivity contribution < 1.29 is 24.6 Å². The maximum absolute atomic E-state index is 12.7. The first kappa shape index (κ1) is 24.4. The lowest BCUT2D eigenvalue weighted by molar-refractivity contribution is -0.163. The zero-order chi connectivity index (χ0) is 23.0. The van der Waals surface area contributed by atoms with Crippen LogP contribution < -0.4 is 11.2 Å². The average molecular weight is 473 g/mol. The number of aliphatic hydroxyl groups excluding tert-OH is 1. The van der Waals surface area contributed by atoms with Gasteiger partial charge >= 0.3 is 5.97 Å². The number of β-lactam (4-membered cyclic amide) rings is 1. The van der Waals surface area contributed by atoms with Gasteiger partial charge in [-0.15, -0.1) is 23.5 Å². The summed E-state index contributed by atoms with van der Waals surface area (Å²) >= 11 is 3.04. The van der Waals surface area contributed by atoms with Crippen molar-refractivity contribution in [2.45, 2.75) is 62.8 Å². The molecule has 2 saturated heterocycles. The van der Waals surface area contributed by atoms with E-state index < -0.39 is 18.0 Å². The number of hydrogen-bond donors (Lipinski definition) is 4. The summed E-state index contributed by atoms with van der Waals surface area (Å²) in [5.41, 5.74) is 0.0440. The van der Waals surface area contributed by atoms with Crippen molar-refractivity contribution in [2.24, 2.45) is 17.7 Å². The standard InChI is InChI=1S/C20H32N4O5S2/c1-5-23(21)19(27)17(30-6-2)12-7-11(8-22-12)31-16-9(3)14-13(10(4)25)18(26)24(14)15(16)20(28)29/h9-14,17,22,25H,5-8,21H2,1-4H3,(H,28,29)/t9-,10-,11+,12+,13-,14-,17?/m1/s1. The fraction of sp³-hybridized carbons (Fsp3) is 0.750. The molecule has 0 bridgehead atoms. The van der Waals surface area contributed by atoms with Gasteiger partial charge in [0.1, 0.15) is 10.9 Å². The monoisotopic (exact) mass is 472 g/mol. The van der Waals surface area contributed by atoms with E-state index in [-0.39, 0.29) is 46.0 Å². The van der Waals surface area contributed by atoms with Crippen LogP contribution in [0.1, 0.15) is 34.1 Å². The molecule has 0 aliphatic carbocycles. The molecule has 3 heterocycles. The number of nitrogens with one attached hydrogen (secondary N) is 1. The summed E-state index contributed by atoms with van der Waals surface area (Å²) in [5, 5.41) is 24.2. The number of hydrogen-bond acceptors (Lipinski definition) is 8. The van der Waals surface area contributed by atoms with E-state index in [1.807, 2.05) is 20.8 Å². The molecule has 0 aromatic carbocycles. The van der Waals surface area contributed by atoms with Crippen molar-refractivity contribution >= 4 is 41.3 Å². The molecule has 0 saturated carbocycles. The Morgan fingerprint density at radius 2 is 2.06 bits per heavy atom. The van der Waals surface area contributed by atoms with Gasteiger partial charge in [0.25, 0.3) is 5.91 Å². The molecule has 1 unspecified atom stereocenters. The first-order chi connectivity index (χ1) is 14.6. The Morgan fingerprint density at radius 3 is 2.61 bits per heavy atom. The van der Waals surface area contributed by atoms with Gasteiger partial charge in [-0.1, -0.05) is 13.8 Å². The summed E-state index contributed by atoms with van der Waals surface area (Å²) in [5.74, 6) is 4.36. The number of hydrazine groups is 1. The average Bonchev–Trinajstić information content (AvgIpc) is 3.26. The quantitative estimate of drug-likeness (QED) is 0.163. The van der Waals surface area contributed by atoms with E-state index in [9.17, 15) is 24.6 Å². The highest BCUT2D eigenvalue weighted by Crippen LogP contribution is 2.52.